The Morgan fingerprint density at radius 2 is 1.88 bits per heavy atom. The van der Waals surface area contributed by atoms with Crippen LogP contribution in [0.2, 0.25) is 5.02 Å². The molecule has 2 atom stereocenters. The maximum absolute atomic E-state index is 13.2. The third-order valence-electron chi connectivity index (χ3n) is 5.74. The van der Waals surface area contributed by atoms with Gasteiger partial charge in [-0.15, -0.1) is 0 Å². The maximum Gasteiger partial charge on any atom is 0.263 e. The molecule has 1 aromatic heterocycles. The molecule has 0 radical (unpaired) electrons. The van der Waals surface area contributed by atoms with E-state index in [-0.39, 0.29) is 18.4 Å². The number of aryl methyl sites for hydroxylation is 2. The van der Waals surface area contributed by atoms with E-state index in [1.54, 1.807) is 31.2 Å². The highest BCUT2D eigenvalue weighted by molar-refractivity contribution is 6.30. The fourth-order valence-electron chi connectivity index (χ4n) is 3.96. The minimum absolute atomic E-state index is 0.197. The minimum atomic E-state index is -0.854. The molecule has 0 aliphatic carbocycles. The van der Waals surface area contributed by atoms with Crippen molar-refractivity contribution in [2.75, 3.05) is 4.90 Å². The predicted molar refractivity (Wildman–Crippen MR) is 118 cm³/mol. The van der Waals surface area contributed by atoms with E-state index < -0.39 is 12.1 Å². The fraction of sp³-hybridized carbons (Fsp3) is 0.261. The highest BCUT2D eigenvalue weighted by atomic mass is 35.5. The van der Waals surface area contributed by atoms with E-state index in [0.29, 0.717) is 28.1 Å². The number of carbonyl (C=O) groups is 2. The molecule has 162 valence electrons. The average Bonchev–Trinajstić information content (AvgIpc) is 3.44. The van der Waals surface area contributed by atoms with Gasteiger partial charge < -0.3 is 4.42 Å². The second kappa shape index (κ2) is 7.87. The van der Waals surface area contributed by atoms with E-state index in [1.807, 2.05) is 31.2 Å². The Hall–Kier alpha value is -3.52. The number of fused-ring (bicyclic) bond motifs is 1. The molecule has 3 aromatic rings. The van der Waals surface area contributed by atoms with Gasteiger partial charge in [-0.2, -0.15) is 5.11 Å². The largest absolute Gasteiger partial charge is 0.441 e. The molecule has 0 unspecified atom stereocenters. The molecule has 2 aliphatic heterocycles. The van der Waals surface area contributed by atoms with Crippen LogP contribution >= 0.6 is 11.6 Å². The van der Waals surface area contributed by atoms with Gasteiger partial charge in [0.25, 0.3) is 11.8 Å². The van der Waals surface area contributed by atoms with Crippen molar-refractivity contribution >= 4 is 29.1 Å². The van der Waals surface area contributed by atoms with E-state index in [2.05, 4.69) is 15.3 Å². The first-order valence-electron chi connectivity index (χ1n) is 10.3. The molecule has 1 saturated heterocycles. The van der Waals surface area contributed by atoms with E-state index in [0.717, 1.165) is 17.5 Å². The van der Waals surface area contributed by atoms with Gasteiger partial charge in [-0.1, -0.05) is 41.9 Å². The van der Waals surface area contributed by atoms with Crippen LogP contribution in [0.4, 0.5) is 5.69 Å². The quantitative estimate of drug-likeness (QED) is 0.540. The normalized spacial score (nSPS) is 19.8. The third-order valence-corrected chi connectivity index (χ3v) is 5.97. The molecule has 2 amide bonds. The average molecular weight is 450 g/mol. The Balaban J connectivity index is 1.38. The number of hydrogen-bond donors (Lipinski definition) is 0. The summed E-state index contributed by atoms with van der Waals surface area (Å²) in [5.41, 5.74) is 3.04. The van der Waals surface area contributed by atoms with Gasteiger partial charge in [0, 0.05) is 10.6 Å². The van der Waals surface area contributed by atoms with Gasteiger partial charge >= 0.3 is 0 Å². The number of amides is 2. The van der Waals surface area contributed by atoms with Gasteiger partial charge in [-0.05, 0) is 49.2 Å². The number of oxazole rings is 1. The zero-order valence-electron chi connectivity index (χ0n) is 17.5. The Bertz CT molecular complexity index is 1240. The van der Waals surface area contributed by atoms with Crippen molar-refractivity contribution in [2.45, 2.75) is 38.9 Å². The van der Waals surface area contributed by atoms with E-state index >= 15 is 0 Å². The van der Waals surface area contributed by atoms with Gasteiger partial charge in [0.1, 0.15) is 11.5 Å². The van der Waals surface area contributed by atoms with Crippen molar-refractivity contribution in [3.05, 3.63) is 70.6 Å². The number of rotatable bonds is 5. The van der Waals surface area contributed by atoms with Crippen molar-refractivity contribution in [3.63, 3.8) is 0 Å². The lowest BCUT2D eigenvalue weighted by Crippen LogP contribution is -2.39. The molecule has 2 aromatic carbocycles. The summed E-state index contributed by atoms with van der Waals surface area (Å²) in [5, 5.41) is 10.3. The SMILES string of the molecule is CCc1ccc(N2C(=O)[C@@H]3[C@@H](N=NN3Cc3nc(-c4cccc(Cl)c4)oc3C)C2=O)cc1. The van der Waals surface area contributed by atoms with E-state index in [4.69, 9.17) is 16.0 Å². The minimum Gasteiger partial charge on any atom is -0.441 e. The summed E-state index contributed by atoms with van der Waals surface area (Å²) in [6.45, 7) is 4.04. The molecule has 32 heavy (non-hydrogen) atoms. The molecule has 0 bridgehead atoms. The molecule has 0 spiro atoms. The van der Waals surface area contributed by atoms with Crippen LogP contribution < -0.4 is 4.90 Å². The Morgan fingerprint density at radius 3 is 2.59 bits per heavy atom. The van der Waals surface area contributed by atoms with Crippen molar-refractivity contribution < 1.29 is 14.0 Å². The number of aromatic nitrogens is 1. The van der Waals surface area contributed by atoms with Crippen molar-refractivity contribution in [1.82, 2.24) is 9.99 Å². The molecule has 9 heteroatoms. The molecular formula is C23H20ClN5O3. The second-order valence-electron chi connectivity index (χ2n) is 7.76. The van der Waals surface area contributed by atoms with Crippen LogP contribution in [0, 0.1) is 6.92 Å². The zero-order chi connectivity index (χ0) is 22.4. The number of hydrogen-bond acceptors (Lipinski definition) is 7. The summed E-state index contributed by atoms with van der Waals surface area (Å²) in [5.74, 6) is 0.319. The Morgan fingerprint density at radius 1 is 1.09 bits per heavy atom. The smallest absolute Gasteiger partial charge is 0.263 e. The summed E-state index contributed by atoms with van der Waals surface area (Å²) in [6, 6.07) is 13.0. The van der Waals surface area contributed by atoms with Crippen LogP contribution in [0.5, 0.6) is 0 Å². The van der Waals surface area contributed by atoms with Gasteiger partial charge in [-0.3, -0.25) is 14.6 Å². The summed E-state index contributed by atoms with van der Waals surface area (Å²) in [6.07, 6.45) is 0.879. The van der Waals surface area contributed by atoms with Gasteiger partial charge in [-0.25, -0.2) is 9.88 Å². The van der Waals surface area contributed by atoms with Gasteiger partial charge in [0.15, 0.2) is 12.1 Å². The highest BCUT2D eigenvalue weighted by Gasteiger charge is 2.54. The lowest BCUT2D eigenvalue weighted by molar-refractivity contribution is -0.123. The number of benzene rings is 2. The van der Waals surface area contributed by atoms with Crippen LogP contribution in [0.3, 0.4) is 0 Å². The zero-order valence-corrected chi connectivity index (χ0v) is 18.3. The first-order chi connectivity index (χ1) is 15.5. The summed E-state index contributed by atoms with van der Waals surface area (Å²) >= 11 is 6.07. The van der Waals surface area contributed by atoms with Gasteiger partial charge in [0.2, 0.25) is 5.89 Å². The molecule has 8 nitrogen and oxygen atoms in total. The van der Waals surface area contributed by atoms with Crippen molar-refractivity contribution in [2.24, 2.45) is 10.3 Å². The first kappa shape index (κ1) is 20.4. The standard InChI is InChI=1S/C23H20ClN5O3/c1-3-14-7-9-17(10-8-14)29-22(30)19-20(23(29)31)28(27-26-19)12-18-13(2)32-21(25-18)15-5-4-6-16(24)11-15/h4-11,19-20H,3,12H2,1-2H3/t19-,20+/m1/s1. The van der Waals surface area contributed by atoms with Crippen LogP contribution in [0.1, 0.15) is 23.9 Å². The number of anilines is 1. The lowest BCUT2D eigenvalue weighted by atomic mass is 10.1. The number of halogens is 1. The molecule has 5 rings (SSSR count). The van der Waals surface area contributed by atoms with Crippen molar-refractivity contribution in [3.8, 4) is 11.5 Å². The fourth-order valence-corrected chi connectivity index (χ4v) is 4.15. The van der Waals surface area contributed by atoms with Crippen LogP contribution in [-0.4, -0.2) is 33.9 Å². The summed E-state index contributed by atoms with van der Waals surface area (Å²) in [7, 11) is 0. The van der Waals surface area contributed by atoms with E-state index in [9.17, 15) is 9.59 Å². The molecule has 1 fully saturated rings. The molecular weight excluding hydrogens is 430 g/mol. The summed E-state index contributed by atoms with van der Waals surface area (Å²) in [4.78, 5) is 31.9. The van der Waals surface area contributed by atoms with Crippen LogP contribution in [-0.2, 0) is 22.6 Å². The molecule has 0 saturated carbocycles. The number of carbonyl (C=O) groups excluding carboxylic acids is 2. The molecule has 2 aliphatic rings. The topological polar surface area (TPSA) is 91.4 Å². The summed E-state index contributed by atoms with van der Waals surface area (Å²) < 4.78 is 5.81. The molecule has 0 N–H and O–H groups in total. The number of imide groups is 1. The van der Waals surface area contributed by atoms with Gasteiger partial charge in [0.05, 0.1) is 12.2 Å². The highest BCUT2D eigenvalue weighted by Crippen LogP contribution is 2.34. The second-order valence-corrected chi connectivity index (χ2v) is 8.19. The lowest BCUT2D eigenvalue weighted by Gasteiger charge is -2.20. The first-order valence-corrected chi connectivity index (χ1v) is 10.7. The van der Waals surface area contributed by atoms with E-state index in [1.165, 1.54) is 9.91 Å². The Labute approximate surface area is 189 Å². The predicted octanol–water partition coefficient (Wildman–Crippen LogP) is 4.36. The van der Waals surface area contributed by atoms with Crippen LogP contribution in [0.15, 0.2) is 63.3 Å². The Kier molecular flexibility index (Phi) is 5.01. The van der Waals surface area contributed by atoms with Crippen molar-refractivity contribution in [1.29, 1.82) is 0 Å². The third kappa shape index (κ3) is 3.36. The number of nitrogens with zero attached hydrogens (tertiary/aromatic N) is 5. The maximum atomic E-state index is 13.2. The molecule has 3 heterocycles. The monoisotopic (exact) mass is 449 g/mol. The van der Waals surface area contributed by atoms with Crippen LogP contribution in [0.25, 0.3) is 11.5 Å².